The van der Waals surface area contributed by atoms with Crippen LogP contribution in [-0.4, -0.2) is 36.7 Å². The molecule has 0 bridgehead atoms. The minimum atomic E-state index is -0.374. The molecule has 0 heterocycles. The van der Waals surface area contributed by atoms with Crippen LogP contribution < -0.4 is 20.9 Å². The monoisotopic (exact) mass is 367 g/mol. The number of thiocarbonyl (C=S) groups is 1. The lowest BCUT2D eigenvalue weighted by Gasteiger charge is -2.11. The molecule has 2 amide bonds. The van der Waals surface area contributed by atoms with Crippen molar-refractivity contribution in [3.8, 4) is 5.75 Å². The highest BCUT2D eigenvalue weighted by atomic mass is 32.1. The summed E-state index contributed by atoms with van der Waals surface area (Å²) in [4.78, 5) is 23.6. The molecule has 7 nitrogen and oxygen atoms in total. The minimum absolute atomic E-state index is 0.0121. The molecule has 1 aromatic carbocycles. The lowest BCUT2D eigenvalue weighted by Crippen LogP contribution is -2.48. The lowest BCUT2D eigenvalue weighted by molar-refractivity contribution is -0.122. The topological polar surface area (TPSA) is 88.7 Å². The van der Waals surface area contributed by atoms with Crippen LogP contribution >= 0.6 is 12.2 Å². The van der Waals surface area contributed by atoms with Crippen LogP contribution in [0.4, 0.5) is 0 Å². The van der Waals surface area contributed by atoms with E-state index in [-0.39, 0.29) is 23.3 Å². The Balaban J connectivity index is 2.34. The Bertz CT molecular complexity index is 564. The molecule has 0 saturated carbocycles. The van der Waals surface area contributed by atoms with E-state index in [4.69, 9.17) is 21.7 Å². The van der Waals surface area contributed by atoms with Gasteiger partial charge in [0.05, 0.1) is 19.6 Å². The fraction of sp³-hybridized carbons (Fsp3) is 0.471. The van der Waals surface area contributed by atoms with Crippen molar-refractivity contribution in [2.45, 2.75) is 33.1 Å². The summed E-state index contributed by atoms with van der Waals surface area (Å²) in [6.07, 6.45) is 2.25. The van der Waals surface area contributed by atoms with Crippen molar-refractivity contribution in [2.75, 3.05) is 19.8 Å². The Labute approximate surface area is 153 Å². The molecule has 8 heteroatoms. The molecule has 138 valence electrons. The highest BCUT2D eigenvalue weighted by Gasteiger charge is 2.09. The van der Waals surface area contributed by atoms with Crippen LogP contribution in [0.3, 0.4) is 0 Å². The van der Waals surface area contributed by atoms with Gasteiger partial charge in [0.15, 0.2) is 5.11 Å². The summed E-state index contributed by atoms with van der Waals surface area (Å²) in [7, 11) is 0. The Hall–Kier alpha value is -2.19. The number of rotatable bonds is 9. The first-order valence-electron chi connectivity index (χ1n) is 8.27. The maximum atomic E-state index is 12.1. The molecule has 1 rings (SSSR count). The van der Waals surface area contributed by atoms with Gasteiger partial charge < -0.3 is 9.47 Å². The highest BCUT2D eigenvalue weighted by Crippen LogP contribution is 2.12. The van der Waals surface area contributed by atoms with Gasteiger partial charge in [0.1, 0.15) is 5.75 Å². The zero-order chi connectivity index (χ0) is 18.5. The van der Waals surface area contributed by atoms with E-state index in [1.165, 1.54) is 0 Å². The van der Waals surface area contributed by atoms with Crippen molar-refractivity contribution in [1.82, 2.24) is 16.2 Å². The molecule has 0 spiro atoms. The lowest BCUT2D eigenvalue weighted by atomic mass is 10.2. The predicted molar refractivity (Wildman–Crippen MR) is 99.3 cm³/mol. The standard InChI is InChI=1S/C17H25N3O4S/c1-3-5-11-24-14-8-6-13(7-9-14)16(22)18-17(25)20-19-15(21)10-12-23-4-2/h6-9H,3-5,10-12H2,1-2H3,(H,19,21)(H2,18,20,22,25). The summed E-state index contributed by atoms with van der Waals surface area (Å²) in [5.41, 5.74) is 5.31. The third-order valence-electron chi connectivity index (χ3n) is 3.10. The van der Waals surface area contributed by atoms with Crippen molar-refractivity contribution in [3.63, 3.8) is 0 Å². The average Bonchev–Trinajstić information content (AvgIpc) is 2.61. The van der Waals surface area contributed by atoms with Crippen LogP contribution in [0.1, 0.15) is 43.5 Å². The number of benzene rings is 1. The summed E-state index contributed by atoms with van der Waals surface area (Å²) in [5, 5.41) is 2.50. The second-order valence-electron chi connectivity index (χ2n) is 5.13. The van der Waals surface area contributed by atoms with Crippen molar-refractivity contribution >= 4 is 29.1 Å². The molecule has 0 radical (unpaired) electrons. The second-order valence-corrected chi connectivity index (χ2v) is 5.54. The number of hydrogen-bond acceptors (Lipinski definition) is 5. The van der Waals surface area contributed by atoms with E-state index in [9.17, 15) is 9.59 Å². The van der Waals surface area contributed by atoms with Gasteiger partial charge in [-0.2, -0.15) is 0 Å². The number of hydrogen-bond donors (Lipinski definition) is 3. The number of carbonyl (C=O) groups excluding carboxylic acids is 2. The molecule has 0 aliphatic heterocycles. The first-order valence-corrected chi connectivity index (χ1v) is 8.68. The zero-order valence-corrected chi connectivity index (χ0v) is 15.4. The van der Waals surface area contributed by atoms with E-state index in [0.29, 0.717) is 31.1 Å². The van der Waals surface area contributed by atoms with E-state index in [0.717, 1.165) is 12.8 Å². The fourth-order valence-electron chi connectivity index (χ4n) is 1.74. The van der Waals surface area contributed by atoms with Gasteiger partial charge in [-0.25, -0.2) is 0 Å². The van der Waals surface area contributed by atoms with E-state index < -0.39 is 0 Å². The summed E-state index contributed by atoms with van der Waals surface area (Å²) in [6.45, 7) is 5.48. The molecule has 0 aromatic heterocycles. The maximum Gasteiger partial charge on any atom is 0.257 e. The second kappa shape index (κ2) is 12.2. The first-order chi connectivity index (χ1) is 12.1. The molecule has 0 fully saturated rings. The molecule has 0 aliphatic carbocycles. The van der Waals surface area contributed by atoms with Crippen LogP contribution in [-0.2, 0) is 9.53 Å². The molecular weight excluding hydrogens is 342 g/mol. The van der Waals surface area contributed by atoms with Gasteiger partial charge in [0.2, 0.25) is 5.91 Å². The van der Waals surface area contributed by atoms with E-state index >= 15 is 0 Å². The predicted octanol–water partition coefficient (Wildman–Crippen LogP) is 1.93. The Kier molecular flexibility index (Phi) is 10.2. The van der Waals surface area contributed by atoms with E-state index in [1.807, 2.05) is 6.92 Å². The van der Waals surface area contributed by atoms with Gasteiger partial charge in [-0.05, 0) is 49.8 Å². The molecule has 0 unspecified atom stereocenters. The number of hydrazine groups is 1. The van der Waals surface area contributed by atoms with Gasteiger partial charge in [0.25, 0.3) is 5.91 Å². The molecule has 0 atom stereocenters. The summed E-state index contributed by atoms with van der Waals surface area (Å²) in [5.74, 6) is 0.0621. The normalized spacial score (nSPS) is 10.0. The molecule has 3 N–H and O–H groups in total. The van der Waals surface area contributed by atoms with Crippen LogP contribution in [0.25, 0.3) is 0 Å². The number of carbonyl (C=O) groups is 2. The Morgan fingerprint density at radius 2 is 1.80 bits per heavy atom. The average molecular weight is 367 g/mol. The maximum absolute atomic E-state index is 12.1. The fourth-order valence-corrected chi connectivity index (χ4v) is 1.89. The Morgan fingerprint density at radius 3 is 2.44 bits per heavy atom. The molecule has 25 heavy (non-hydrogen) atoms. The first kappa shape index (κ1) is 20.9. The third-order valence-corrected chi connectivity index (χ3v) is 3.31. The molecule has 1 aromatic rings. The third kappa shape index (κ3) is 9.02. The number of unbranched alkanes of at least 4 members (excludes halogenated alkanes) is 1. The molecule has 0 saturated heterocycles. The van der Waals surface area contributed by atoms with Gasteiger partial charge in [0, 0.05) is 12.2 Å². The summed E-state index contributed by atoms with van der Waals surface area (Å²) in [6, 6.07) is 6.77. The van der Waals surface area contributed by atoms with Gasteiger partial charge in [-0.3, -0.25) is 25.8 Å². The van der Waals surface area contributed by atoms with Crippen molar-refractivity contribution in [1.29, 1.82) is 0 Å². The molecular formula is C17H25N3O4S. The highest BCUT2D eigenvalue weighted by molar-refractivity contribution is 7.80. The minimum Gasteiger partial charge on any atom is -0.494 e. The van der Waals surface area contributed by atoms with Crippen LogP contribution in [0.5, 0.6) is 5.75 Å². The van der Waals surface area contributed by atoms with E-state index in [2.05, 4.69) is 23.1 Å². The van der Waals surface area contributed by atoms with Crippen LogP contribution in [0.15, 0.2) is 24.3 Å². The summed E-state index contributed by atoms with van der Waals surface area (Å²) < 4.78 is 10.6. The van der Waals surface area contributed by atoms with E-state index in [1.54, 1.807) is 24.3 Å². The van der Waals surface area contributed by atoms with Crippen molar-refractivity contribution in [3.05, 3.63) is 29.8 Å². The molecule has 0 aliphatic rings. The largest absolute Gasteiger partial charge is 0.494 e. The van der Waals surface area contributed by atoms with Crippen LogP contribution in [0, 0.1) is 0 Å². The van der Waals surface area contributed by atoms with Crippen molar-refractivity contribution in [2.24, 2.45) is 0 Å². The quantitative estimate of drug-likeness (QED) is 0.351. The number of ether oxygens (including phenoxy) is 2. The van der Waals surface area contributed by atoms with Crippen LogP contribution in [0.2, 0.25) is 0 Å². The summed E-state index contributed by atoms with van der Waals surface area (Å²) >= 11 is 4.97. The van der Waals surface area contributed by atoms with Crippen molar-refractivity contribution < 1.29 is 19.1 Å². The Morgan fingerprint density at radius 1 is 1.08 bits per heavy atom. The smallest absolute Gasteiger partial charge is 0.257 e. The zero-order valence-electron chi connectivity index (χ0n) is 14.6. The van der Waals surface area contributed by atoms with Gasteiger partial charge in [-0.15, -0.1) is 0 Å². The van der Waals surface area contributed by atoms with Gasteiger partial charge in [-0.1, -0.05) is 13.3 Å². The number of amides is 2. The number of nitrogens with one attached hydrogen (secondary N) is 3. The van der Waals surface area contributed by atoms with Gasteiger partial charge >= 0.3 is 0 Å². The SMILES string of the molecule is CCCCOc1ccc(C(=O)NC(=S)NNC(=O)CCOCC)cc1.